The molecule has 0 spiro atoms. The molecule has 1 unspecified atom stereocenters. The van der Waals surface area contributed by atoms with E-state index in [1.54, 1.807) is 0 Å². The number of hydrogen-bond donors (Lipinski definition) is 2. The summed E-state index contributed by atoms with van der Waals surface area (Å²) in [5, 5.41) is 4.34. The van der Waals surface area contributed by atoms with E-state index in [4.69, 9.17) is 0 Å². The van der Waals surface area contributed by atoms with Crippen LogP contribution in [0.5, 0.6) is 0 Å². The Morgan fingerprint density at radius 3 is 2.78 bits per heavy atom. The van der Waals surface area contributed by atoms with Gasteiger partial charge in [-0.2, -0.15) is 0 Å². The summed E-state index contributed by atoms with van der Waals surface area (Å²) in [5.74, 6) is -0.277. The lowest BCUT2D eigenvalue weighted by Crippen LogP contribution is -2.56. The fraction of sp³-hybridized carbons (Fsp3) is 0.353. The lowest BCUT2D eigenvalue weighted by Gasteiger charge is -2.28. The normalized spacial score (nSPS) is 20.7. The number of nitrogens with one attached hydrogen (secondary N) is 2. The highest BCUT2D eigenvalue weighted by molar-refractivity contribution is 6.39. The third-order valence-electron chi connectivity index (χ3n) is 3.95. The number of amidine groups is 1. The molecule has 2 N–H and O–H groups in total. The summed E-state index contributed by atoms with van der Waals surface area (Å²) in [6.45, 7) is 1.95. The fourth-order valence-electron chi connectivity index (χ4n) is 2.62. The third-order valence-corrected chi connectivity index (χ3v) is 3.95. The summed E-state index contributed by atoms with van der Waals surface area (Å²) < 4.78 is 0. The van der Waals surface area contributed by atoms with Gasteiger partial charge in [0.1, 0.15) is 6.54 Å². The van der Waals surface area contributed by atoms with Crippen LogP contribution in [0.15, 0.2) is 41.4 Å². The summed E-state index contributed by atoms with van der Waals surface area (Å²) in [4.78, 5) is 28.4. The Bertz CT molecular complexity index is 664. The highest BCUT2D eigenvalue weighted by Gasteiger charge is 2.26. The number of nitrogens with zero attached hydrogens (tertiary/aromatic N) is 2. The molecule has 6 heteroatoms. The molecule has 1 aromatic rings. The number of amides is 2. The molecular formula is C17H20N4O2. The van der Waals surface area contributed by atoms with E-state index in [-0.39, 0.29) is 30.2 Å². The Morgan fingerprint density at radius 1 is 1.30 bits per heavy atom. The lowest BCUT2D eigenvalue weighted by molar-refractivity contribution is -0.118. The zero-order valence-electron chi connectivity index (χ0n) is 13.1. The van der Waals surface area contributed by atoms with Gasteiger partial charge in [-0.1, -0.05) is 29.8 Å². The minimum absolute atomic E-state index is 0.0335. The second-order valence-corrected chi connectivity index (χ2v) is 5.80. The van der Waals surface area contributed by atoms with E-state index in [0.29, 0.717) is 5.69 Å². The standard InChI is InChI=1S/C17H20N4O2/c1-12-7-9-14(10-8-12)21-15(22)11-18-16(20-21)17(23)19-13-5-3-2-4-6-13/h2-3,7-10,13H,4-6,11H2,1H3,(H,18,20)(H,19,23). The number of carbonyl (C=O) groups excluding carboxylic acids is 2. The van der Waals surface area contributed by atoms with E-state index < -0.39 is 0 Å². The van der Waals surface area contributed by atoms with E-state index in [1.807, 2.05) is 31.2 Å². The lowest BCUT2D eigenvalue weighted by atomic mass is 10.0. The Labute approximate surface area is 135 Å². The van der Waals surface area contributed by atoms with Gasteiger partial charge in [-0.25, -0.2) is 5.01 Å². The first-order chi connectivity index (χ1) is 11.1. The summed E-state index contributed by atoms with van der Waals surface area (Å²) in [6, 6.07) is 7.65. The molecule has 0 aromatic heterocycles. The SMILES string of the molecule is Cc1ccc(N2NC(C(=O)NC3CC=CCC3)=NCC2=O)cc1. The summed E-state index contributed by atoms with van der Waals surface area (Å²) >= 11 is 0. The fourth-order valence-corrected chi connectivity index (χ4v) is 2.62. The number of benzene rings is 1. The molecule has 2 aliphatic rings. The van der Waals surface area contributed by atoms with Crippen molar-refractivity contribution < 1.29 is 9.59 Å². The van der Waals surface area contributed by atoms with E-state index in [2.05, 4.69) is 27.9 Å². The number of carbonyl (C=O) groups is 2. The largest absolute Gasteiger partial charge is 0.346 e. The number of allylic oxidation sites excluding steroid dienone is 1. The van der Waals surface area contributed by atoms with E-state index >= 15 is 0 Å². The summed E-state index contributed by atoms with van der Waals surface area (Å²) in [6.07, 6.45) is 6.93. The van der Waals surface area contributed by atoms with Gasteiger partial charge in [0.15, 0.2) is 0 Å². The summed E-state index contributed by atoms with van der Waals surface area (Å²) in [7, 11) is 0. The first kappa shape index (κ1) is 15.3. The molecule has 0 bridgehead atoms. The first-order valence-electron chi connectivity index (χ1n) is 7.80. The van der Waals surface area contributed by atoms with Gasteiger partial charge < -0.3 is 5.32 Å². The predicted octanol–water partition coefficient (Wildman–Crippen LogP) is 1.47. The molecule has 120 valence electrons. The topological polar surface area (TPSA) is 73.8 Å². The van der Waals surface area contributed by atoms with Crippen molar-refractivity contribution in [2.45, 2.75) is 32.2 Å². The van der Waals surface area contributed by atoms with Gasteiger partial charge in [0.05, 0.1) is 5.69 Å². The average molecular weight is 312 g/mol. The van der Waals surface area contributed by atoms with Crippen molar-refractivity contribution in [2.24, 2.45) is 4.99 Å². The molecule has 3 rings (SSSR count). The molecule has 0 radical (unpaired) electrons. The minimum Gasteiger partial charge on any atom is -0.346 e. The van der Waals surface area contributed by atoms with E-state index in [1.165, 1.54) is 5.01 Å². The highest BCUT2D eigenvalue weighted by Crippen LogP contribution is 2.15. The second-order valence-electron chi connectivity index (χ2n) is 5.80. The molecule has 2 amide bonds. The van der Waals surface area contributed by atoms with Crippen molar-refractivity contribution in [3.05, 3.63) is 42.0 Å². The maximum atomic E-state index is 12.3. The molecule has 0 saturated carbocycles. The van der Waals surface area contributed by atoms with Crippen LogP contribution in [0.4, 0.5) is 5.69 Å². The van der Waals surface area contributed by atoms with Crippen LogP contribution in [-0.4, -0.2) is 30.2 Å². The Morgan fingerprint density at radius 2 is 2.09 bits per heavy atom. The Hall–Kier alpha value is -2.63. The molecule has 1 atom stereocenters. The number of hydrogen-bond acceptors (Lipinski definition) is 4. The van der Waals surface area contributed by atoms with Crippen LogP contribution < -0.4 is 15.8 Å². The van der Waals surface area contributed by atoms with Gasteiger partial charge in [-0.3, -0.25) is 20.0 Å². The maximum Gasteiger partial charge on any atom is 0.288 e. The molecule has 1 heterocycles. The molecular weight excluding hydrogens is 292 g/mol. The number of anilines is 1. The van der Waals surface area contributed by atoms with Crippen molar-refractivity contribution in [1.29, 1.82) is 0 Å². The maximum absolute atomic E-state index is 12.3. The monoisotopic (exact) mass is 312 g/mol. The zero-order valence-corrected chi connectivity index (χ0v) is 13.1. The predicted molar refractivity (Wildman–Crippen MR) is 89.0 cm³/mol. The summed E-state index contributed by atoms with van der Waals surface area (Å²) in [5.41, 5.74) is 4.63. The van der Waals surface area contributed by atoms with Crippen LogP contribution in [0.25, 0.3) is 0 Å². The van der Waals surface area contributed by atoms with Crippen molar-refractivity contribution in [3.63, 3.8) is 0 Å². The molecule has 1 aromatic carbocycles. The van der Waals surface area contributed by atoms with Crippen LogP contribution in [0, 0.1) is 6.92 Å². The molecule has 0 saturated heterocycles. The Kier molecular flexibility index (Phi) is 4.41. The molecule has 23 heavy (non-hydrogen) atoms. The van der Waals surface area contributed by atoms with Crippen molar-refractivity contribution in [2.75, 3.05) is 11.6 Å². The zero-order chi connectivity index (χ0) is 16.2. The number of hydrazine groups is 1. The van der Waals surface area contributed by atoms with Crippen molar-refractivity contribution >= 4 is 23.3 Å². The number of rotatable bonds is 3. The molecule has 1 aliphatic carbocycles. The van der Waals surface area contributed by atoms with Crippen molar-refractivity contribution in [1.82, 2.24) is 10.7 Å². The quantitative estimate of drug-likeness (QED) is 0.830. The van der Waals surface area contributed by atoms with Crippen LogP contribution >= 0.6 is 0 Å². The highest BCUT2D eigenvalue weighted by atomic mass is 16.2. The smallest absolute Gasteiger partial charge is 0.288 e. The third kappa shape index (κ3) is 3.59. The van der Waals surface area contributed by atoms with Gasteiger partial charge in [-0.05, 0) is 38.3 Å². The van der Waals surface area contributed by atoms with E-state index in [9.17, 15) is 9.59 Å². The number of aliphatic imine (C=N–C) groups is 1. The van der Waals surface area contributed by atoms with Gasteiger partial charge in [0.2, 0.25) is 5.84 Å². The van der Waals surface area contributed by atoms with Gasteiger partial charge in [0.25, 0.3) is 11.8 Å². The van der Waals surface area contributed by atoms with Gasteiger partial charge in [-0.15, -0.1) is 0 Å². The first-order valence-corrected chi connectivity index (χ1v) is 7.80. The minimum atomic E-state index is -0.269. The van der Waals surface area contributed by atoms with Crippen LogP contribution in [0.1, 0.15) is 24.8 Å². The van der Waals surface area contributed by atoms with Crippen LogP contribution in [0.2, 0.25) is 0 Å². The Balaban J connectivity index is 1.69. The van der Waals surface area contributed by atoms with Gasteiger partial charge >= 0.3 is 0 Å². The number of aryl methyl sites for hydroxylation is 1. The van der Waals surface area contributed by atoms with Crippen molar-refractivity contribution in [3.8, 4) is 0 Å². The molecule has 0 fully saturated rings. The van der Waals surface area contributed by atoms with Crippen LogP contribution in [0.3, 0.4) is 0 Å². The average Bonchev–Trinajstić information content (AvgIpc) is 2.57. The van der Waals surface area contributed by atoms with E-state index in [0.717, 1.165) is 24.8 Å². The molecule has 6 nitrogen and oxygen atoms in total. The van der Waals surface area contributed by atoms with Gasteiger partial charge in [0, 0.05) is 6.04 Å². The van der Waals surface area contributed by atoms with Crippen LogP contribution in [-0.2, 0) is 9.59 Å². The second kappa shape index (κ2) is 6.64. The molecule has 1 aliphatic heterocycles.